The van der Waals surface area contributed by atoms with Crippen molar-refractivity contribution in [2.24, 2.45) is 5.41 Å². The van der Waals surface area contributed by atoms with Gasteiger partial charge in [-0.15, -0.1) is 0 Å². The number of aliphatic hydroxyl groups is 1. The first kappa shape index (κ1) is 10.7. The van der Waals surface area contributed by atoms with Crippen LogP contribution in [-0.2, 0) is 4.79 Å². The topological polar surface area (TPSA) is 57.5 Å². The van der Waals surface area contributed by atoms with Crippen molar-refractivity contribution in [3.05, 3.63) is 35.9 Å². The summed E-state index contributed by atoms with van der Waals surface area (Å²) in [6.07, 6.45) is -0.985. The molecule has 1 atom stereocenters. The molecule has 76 valence electrons. The summed E-state index contributed by atoms with van der Waals surface area (Å²) < 4.78 is 0. The molecule has 0 radical (unpaired) electrons. The molecule has 3 heteroatoms. The van der Waals surface area contributed by atoms with E-state index in [1.54, 1.807) is 24.3 Å². The molecule has 0 aliphatic heterocycles. The van der Waals surface area contributed by atoms with Crippen molar-refractivity contribution in [1.82, 2.24) is 0 Å². The third-order valence-corrected chi connectivity index (χ3v) is 2.35. The average Bonchev–Trinajstić information content (AvgIpc) is 2.17. The van der Waals surface area contributed by atoms with Gasteiger partial charge in [0, 0.05) is 0 Å². The zero-order valence-corrected chi connectivity index (χ0v) is 8.27. The molecule has 1 aromatic carbocycles. The summed E-state index contributed by atoms with van der Waals surface area (Å²) in [5, 5.41) is 18.8. The van der Waals surface area contributed by atoms with Crippen LogP contribution in [0.3, 0.4) is 0 Å². The van der Waals surface area contributed by atoms with Crippen LogP contribution in [-0.4, -0.2) is 16.2 Å². The number of aliphatic hydroxyl groups excluding tert-OH is 1. The maximum atomic E-state index is 10.9. The van der Waals surface area contributed by atoms with Gasteiger partial charge in [-0.2, -0.15) is 0 Å². The Labute approximate surface area is 83.0 Å². The lowest BCUT2D eigenvalue weighted by molar-refractivity contribution is -0.153. The van der Waals surface area contributed by atoms with Gasteiger partial charge in [-0.05, 0) is 19.4 Å². The van der Waals surface area contributed by atoms with E-state index in [0.717, 1.165) is 0 Å². The van der Waals surface area contributed by atoms with Crippen molar-refractivity contribution in [2.75, 3.05) is 0 Å². The molecule has 14 heavy (non-hydrogen) atoms. The molecule has 0 amide bonds. The van der Waals surface area contributed by atoms with Gasteiger partial charge in [0.05, 0.1) is 11.5 Å². The van der Waals surface area contributed by atoms with E-state index in [4.69, 9.17) is 5.11 Å². The van der Waals surface area contributed by atoms with E-state index in [2.05, 4.69) is 0 Å². The number of rotatable bonds is 3. The number of benzene rings is 1. The van der Waals surface area contributed by atoms with Gasteiger partial charge >= 0.3 is 5.97 Å². The summed E-state index contributed by atoms with van der Waals surface area (Å²) in [4.78, 5) is 10.9. The molecule has 0 spiro atoms. The first-order valence-corrected chi connectivity index (χ1v) is 4.42. The van der Waals surface area contributed by atoms with Crippen LogP contribution in [0.5, 0.6) is 0 Å². The Hall–Kier alpha value is -1.35. The Kier molecular flexibility index (Phi) is 2.91. The number of aliphatic carboxylic acids is 1. The maximum Gasteiger partial charge on any atom is 0.312 e. The van der Waals surface area contributed by atoms with Gasteiger partial charge in [-0.1, -0.05) is 30.3 Å². The second-order valence-electron chi connectivity index (χ2n) is 3.84. The highest BCUT2D eigenvalue weighted by atomic mass is 16.4. The number of hydrogen-bond acceptors (Lipinski definition) is 2. The minimum Gasteiger partial charge on any atom is -0.481 e. The zero-order chi connectivity index (χ0) is 10.8. The van der Waals surface area contributed by atoms with Crippen molar-refractivity contribution in [2.45, 2.75) is 20.0 Å². The summed E-state index contributed by atoms with van der Waals surface area (Å²) >= 11 is 0. The van der Waals surface area contributed by atoms with Crippen molar-refractivity contribution in [3.63, 3.8) is 0 Å². The van der Waals surface area contributed by atoms with Gasteiger partial charge < -0.3 is 10.2 Å². The normalized spacial score (nSPS) is 13.6. The molecule has 0 aromatic heterocycles. The van der Waals surface area contributed by atoms with Crippen LogP contribution in [0, 0.1) is 5.41 Å². The molecular formula is C11H14O3. The predicted molar refractivity (Wildman–Crippen MR) is 52.8 cm³/mol. The van der Waals surface area contributed by atoms with E-state index < -0.39 is 17.5 Å². The van der Waals surface area contributed by atoms with Crippen LogP contribution in [0.4, 0.5) is 0 Å². The summed E-state index contributed by atoms with van der Waals surface area (Å²) in [6.45, 7) is 3.01. The quantitative estimate of drug-likeness (QED) is 0.771. The van der Waals surface area contributed by atoms with Gasteiger partial charge in [0.25, 0.3) is 0 Å². The summed E-state index contributed by atoms with van der Waals surface area (Å²) in [7, 11) is 0. The van der Waals surface area contributed by atoms with Crippen LogP contribution < -0.4 is 0 Å². The van der Waals surface area contributed by atoms with Crippen molar-refractivity contribution in [1.29, 1.82) is 0 Å². The van der Waals surface area contributed by atoms with Crippen molar-refractivity contribution < 1.29 is 15.0 Å². The first-order chi connectivity index (χ1) is 6.46. The highest BCUT2D eigenvalue weighted by Crippen LogP contribution is 2.33. The van der Waals surface area contributed by atoms with E-state index in [1.807, 2.05) is 6.07 Å². The van der Waals surface area contributed by atoms with E-state index >= 15 is 0 Å². The highest BCUT2D eigenvalue weighted by Gasteiger charge is 2.36. The molecular weight excluding hydrogens is 180 g/mol. The van der Waals surface area contributed by atoms with Crippen molar-refractivity contribution >= 4 is 5.97 Å². The smallest absolute Gasteiger partial charge is 0.312 e. The van der Waals surface area contributed by atoms with E-state index in [1.165, 1.54) is 13.8 Å². The molecule has 3 nitrogen and oxygen atoms in total. The standard InChI is InChI=1S/C11H14O3/c1-11(2,10(13)14)9(12)8-6-4-3-5-7-8/h3-7,9,12H,1-2H3,(H,13,14)/t9-/m0/s1. The van der Waals surface area contributed by atoms with Gasteiger partial charge in [0.15, 0.2) is 0 Å². The van der Waals surface area contributed by atoms with Gasteiger partial charge in [-0.3, -0.25) is 4.79 Å². The number of carboxylic acid groups (broad SMARTS) is 1. The SMILES string of the molecule is CC(C)(C(=O)O)[C@@H](O)c1ccccc1. The van der Waals surface area contributed by atoms with E-state index in [0.29, 0.717) is 5.56 Å². The minimum atomic E-state index is -1.17. The Balaban J connectivity index is 2.96. The van der Waals surface area contributed by atoms with Gasteiger partial charge in [0.2, 0.25) is 0 Å². The van der Waals surface area contributed by atoms with Crippen LogP contribution in [0.2, 0.25) is 0 Å². The first-order valence-electron chi connectivity index (χ1n) is 4.42. The molecule has 0 saturated carbocycles. The monoisotopic (exact) mass is 194 g/mol. The Bertz CT molecular complexity index is 317. The van der Waals surface area contributed by atoms with Gasteiger partial charge in [-0.25, -0.2) is 0 Å². The summed E-state index contributed by atoms with van der Waals surface area (Å²) in [5.74, 6) is -1.01. The van der Waals surface area contributed by atoms with E-state index in [9.17, 15) is 9.90 Å². The summed E-state index contributed by atoms with van der Waals surface area (Å²) in [6, 6.07) is 8.81. The van der Waals surface area contributed by atoms with Crippen molar-refractivity contribution in [3.8, 4) is 0 Å². The molecule has 0 aliphatic rings. The fourth-order valence-electron chi connectivity index (χ4n) is 1.17. The third kappa shape index (κ3) is 1.93. The molecule has 0 saturated heterocycles. The molecule has 0 fully saturated rings. The van der Waals surface area contributed by atoms with Crippen LogP contribution in [0.25, 0.3) is 0 Å². The van der Waals surface area contributed by atoms with Crippen LogP contribution in [0.1, 0.15) is 25.5 Å². The minimum absolute atomic E-state index is 0.625. The molecule has 1 aromatic rings. The number of carboxylic acids is 1. The fourth-order valence-corrected chi connectivity index (χ4v) is 1.17. The van der Waals surface area contributed by atoms with Gasteiger partial charge in [0.1, 0.15) is 0 Å². The third-order valence-electron chi connectivity index (χ3n) is 2.35. The second kappa shape index (κ2) is 3.80. The number of hydrogen-bond donors (Lipinski definition) is 2. The van der Waals surface area contributed by atoms with E-state index in [-0.39, 0.29) is 0 Å². The fraction of sp³-hybridized carbons (Fsp3) is 0.364. The highest BCUT2D eigenvalue weighted by molar-refractivity contribution is 5.74. The zero-order valence-electron chi connectivity index (χ0n) is 8.27. The molecule has 0 aliphatic carbocycles. The lowest BCUT2D eigenvalue weighted by Gasteiger charge is -2.26. The Morgan fingerprint density at radius 2 is 1.79 bits per heavy atom. The molecule has 1 rings (SSSR count). The van der Waals surface area contributed by atoms with Crippen LogP contribution >= 0.6 is 0 Å². The molecule has 2 N–H and O–H groups in total. The molecule has 0 unspecified atom stereocenters. The average molecular weight is 194 g/mol. The Morgan fingerprint density at radius 3 is 2.21 bits per heavy atom. The second-order valence-corrected chi connectivity index (χ2v) is 3.84. The largest absolute Gasteiger partial charge is 0.481 e. The maximum absolute atomic E-state index is 10.9. The lowest BCUT2D eigenvalue weighted by atomic mass is 9.83. The summed E-state index contributed by atoms with van der Waals surface area (Å²) in [5.41, 5.74) is -0.540. The molecule has 0 bridgehead atoms. The predicted octanol–water partition coefficient (Wildman–Crippen LogP) is 1.83. The molecule has 0 heterocycles. The lowest BCUT2D eigenvalue weighted by Crippen LogP contribution is -2.31. The number of carbonyl (C=O) groups is 1. The Morgan fingerprint density at radius 1 is 1.29 bits per heavy atom. The van der Waals surface area contributed by atoms with Crippen LogP contribution in [0.15, 0.2) is 30.3 Å².